The summed E-state index contributed by atoms with van der Waals surface area (Å²) < 4.78 is 5.01. The number of amides is 1. The molecule has 0 atom stereocenters. The molecule has 0 unspecified atom stereocenters. The van der Waals surface area contributed by atoms with E-state index in [1.165, 1.54) is 7.11 Å². The van der Waals surface area contributed by atoms with E-state index in [1.807, 2.05) is 6.92 Å². The number of likely N-dealkylation sites (N-methyl/N-ethyl adjacent to an activating group) is 1. The van der Waals surface area contributed by atoms with Crippen molar-refractivity contribution in [2.24, 2.45) is 0 Å². The number of nitrogens with zero attached hydrogens (tertiary/aromatic N) is 2. The fraction of sp³-hybridized carbons (Fsp3) is 0.545. The minimum atomic E-state index is -0.680. The maximum absolute atomic E-state index is 11.9. The molecule has 6 nitrogen and oxygen atoms in total. The van der Waals surface area contributed by atoms with Crippen molar-refractivity contribution in [3.8, 4) is 5.88 Å². The van der Waals surface area contributed by atoms with Crippen LogP contribution in [-0.2, 0) is 4.79 Å². The third kappa shape index (κ3) is 3.39. The van der Waals surface area contributed by atoms with Gasteiger partial charge in [-0.15, -0.1) is 0 Å². The summed E-state index contributed by atoms with van der Waals surface area (Å²) in [6, 6.07) is 1.69. The fourth-order valence-corrected chi connectivity index (χ4v) is 1.07. The number of aromatic nitrogens is 2. The molecule has 6 heteroatoms. The Morgan fingerprint density at radius 2 is 2.06 bits per heavy atom. The SMILES string of the molecule is CNC(C)(C)C(=O)Nc1nc(C)cc(OC)n1. The van der Waals surface area contributed by atoms with Gasteiger partial charge in [0.25, 0.3) is 0 Å². The molecule has 0 bridgehead atoms. The number of nitrogens with one attached hydrogen (secondary N) is 2. The standard InChI is InChI=1S/C11H18N4O2/c1-7-6-8(17-5)14-10(13-7)15-9(16)11(2,3)12-4/h6,12H,1-5H3,(H,13,14,15,16). The van der Waals surface area contributed by atoms with Crippen LogP contribution in [0.5, 0.6) is 5.88 Å². The molecule has 1 heterocycles. The maximum Gasteiger partial charge on any atom is 0.246 e. The first-order valence-electron chi connectivity index (χ1n) is 5.29. The van der Waals surface area contributed by atoms with Crippen LogP contribution in [0.4, 0.5) is 5.95 Å². The van der Waals surface area contributed by atoms with Gasteiger partial charge in [0.05, 0.1) is 12.6 Å². The highest BCUT2D eigenvalue weighted by molar-refractivity contribution is 5.96. The maximum atomic E-state index is 11.9. The number of carbonyl (C=O) groups excluding carboxylic acids is 1. The second-order valence-electron chi connectivity index (χ2n) is 4.20. The summed E-state index contributed by atoms with van der Waals surface area (Å²) in [7, 11) is 3.24. The predicted octanol–water partition coefficient (Wildman–Crippen LogP) is 0.730. The van der Waals surface area contributed by atoms with E-state index in [0.717, 1.165) is 5.69 Å². The highest BCUT2D eigenvalue weighted by Crippen LogP contribution is 2.12. The molecular weight excluding hydrogens is 220 g/mol. The smallest absolute Gasteiger partial charge is 0.246 e. The third-order valence-corrected chi connectivity index (χ3v) is 2.46. The van der Waals surface area contributed by atoms with E-state index in [0.29, 0.717) is 5.88 Å². The number of carbonyl (C=O) groups is 1. The van der Waals surface area contributed by atoms with Crippen molar-refractivity contribution < 1.29 is 9.53 Å². The summed E-state index contributed by atoms with van der Waals surface area (Å²) in [4.78, 5) is 20.0. The summed E-state index contributed by atoms with van der Waals surface area (Å²) in [5.41, 5.74) is 0.0507. The first-order valence-corrected chi connectivity index (χ1v) is 5.29. The number of hydrogen-bond acceptors (Lipinski definition) is 5. The zero-order valence-corrected chi connectivity index (χ0v) is 10.8. The fourth-order valence-electron chi connectivity index (χ4n) is 1.07. The molecule has 0 fully saturated rings. The average Bonchev–Trinajstić information content (AvgIpc) is 2.28. The predicted molar refractivity (Wildman–Crippen MR) is 65.1 cm³/mol. The monoisotopic (exact) mass is 238 g/mol. The zero-order chi connectivity index (χ0) is 13.1. The van der Waals surface area contributed by atoms with E-state index in [9.17, 15) is 4.79 Å². The van der Waals surface area contributed by atoms with Gasteiger partial charge < -0.3 is 10.1 Å². The van der Waals surface area contributed by atoms with E-state index in [2.05, 4.69) is 20.6 Å². The van der Waals surface area contributed by atoms with Gasteiger partial charge in [-0.25, -0.2) is 4.98 Å². The Morgan fingerprint density at radius 1 is 1.41 bits per heavy atom. The molecule has 0 saturated carbocycles. The van der Waals surface area contributed by atoms with Gasteiger partial charge in [0.15, 0.2) is 0 Å². The van der Waals surface area contributed by atoms with E-state index in [1.54, 1.807) is 27.0 Å². The van der Waals surface area contributed by atoms with Crippen LogP contribution in [0.2, 0.25) is 0 Å². The summed E-state index contributed by atoms with van der Waals surface area (Å²) in [5, 5.41) is 5.55. The Bertz CT molecular complexity index is 418. The van der Waals surface area contributed by atoms with Crippen LogP contribution in [0, 0.1) is 6.92 Å². The van der Waals surface area contributed by atoms with Crippen molar-refractivity contribution in [3.05, 3.63) is 11.8 Å². The molecule has 1 aromatic heterocycles. The second-order valence-corrected chi connectivity index (χ2v) is 4.20. The molecule has 0 aliphatic rings. The zero-order valence-electron chi connectivity index (χ0n) is 10.8. The minimum Gasteiger partial charge on any atom is -0.481 e. The number of anilines is 1. The molecule has 0 saturated heterocycles. The Kier molecular flexibility index (Phi) is 4.01. The van der Waals surface area contributed by atoms with Crippen LogP contribution in [0.25, 0.3) is 0 Å². The summed E-state index contributed by atoms with van der Waals surface area (Å²) >= 11 is 0. The topological polar surface area (TPSA) is 76.1 Å². The molecule has 1 rings (SSSR count). The van der Waals surface area contributed by atoms with Crippen LogP contribution in [-0.4, -0.2) is 35.6 Å². The van der Waals surface area contributed by atoms with Crippen LogP contribution >= 0.6 is 0 Å². The molecule has 0 aliphatic heterocycles. The molecule has 0 aromatic carbocycles. The van der Waals surface area contributed by atoms with Crippen LogP contribution in [0.3, 0.4) is 0 Å². The normalized spacial score (nSPS) is 11.1. The van der Waals surface area contributed by atoms with Gasteiger partial charge in [0.2, 0.25) is 17.7 Å². The number of aryl methyl sites for hydroxylation is 1. The Hall–Kier alpha value is -1.69. The number of hydrogen-bond donors (Lipinski definition) is 2. The van der Waals surface area contributed by atoms with Crippen molar-refractivity contribution in [3.63, 3.8) is 0 Å². The van der Waals surface area contributed by atoms with Crippen LogP contribution in [0.15, 0.2) is 6.07 Å². The summed E-state index contributed by atoms with van der Waals surface area (Å²) in [5.74, 6) is 0.470. The van der Waals surface area contributed by atoms with Crippen molar-refractivity contribution in [1.82, 2.24) is 15.3 Å². The van der Waals surface area contributed by atoms with Gasteiger partial charge in [-0.3, -0.25) is 10.1 Å². The molecular formula is C11H18N4O2. The van der Waals surface area contributed by atoms with Gasteiger partial charge >= 0.3 is 0 Å². The lowest BCUT2D eigenvalue weighted by molar-refractivity contribution is -0.121. The molecule has 0 spiro atoms. The van der Waals surface area contributed by atoms with Crippen LogP contribution in [0.1, 0.15) is 19.5 Å². The molecule has 0 aliphatic carbocycles. The van der Waals surface area contributed by atoms with E-state index in [-0.39, 0.29) is 11.9 Å². The van der Waals surface area contributed by atoms with Crippen molar-refractivity contribution in [2.45, 2.75) is 26.3 Å². The quantitative estimate of drug-likeness (QED) is 0.808. The van der Waals surface area contributed by atoms with E-state index in [4.69, 9.17) is 4.74 Å². The first-order chi connectivity index (χ1) is 7.89. The lowest BCUT2D eigenvalue weighted by Gasteiger charge is -2.22. The number of ether oxygens (including phenoxy) is 1. The van der Waals surface area contributed by atoms with Crippen molar-refractivity contribution >= 4 is 11.9 Å². The van der Waals surface area contributed by atoms with Crippen molar-refractivity contribution in [2.75, 3.05) is 19.5 Å². The Labute approximate surface area is 101 Å². The number of rotatable bonds is 4. The lowest BCUT2D eigenvalue weighted by atomic mass is 10.1. The highest BCUT2D eigenvalue weighted by Gasteiger charge is 2.26. The summed E-state index contributed by atoms with van der Waals surface area (Å²) in [6.07, 6.45) is 0. The van der Waals surface area contributed by atoms with Gasteiger partial charge in [-0.05, 0) is 27.8 Å². The molecule has 17 heavy (non-hydrogen) atoms. The molecule has 2 N–H and O–H groups in total. The highest BCUT2D eigenvalue weighted by atomic mass is 16.5. The van der Waals surface area contributed by atoms with E-state index >= 15 is 0 Å². The van der Waals surface area contributed by atoms with Gasteiger partial charge in [-0.2, -0.15) is 4.98 Å². The average molecular weight is 238 g/mol. The Morgan fingerprint density at radius 3 is 2.59 bits per heavy atom. The molecule has 1 amide bonds. The second kappa shape index (κ2) is 5.09. The van der Waals surface area contributed by atoms with Gasteiger partial charge in [0.1, 0.15) is 0 Å². The van der Waals surface area contributed by atoms with E-state index < -0.39 is 5.54 Å². The Balaban J connectivity index is 2.88. The first kappa shape index (κ1) is 13.4. The third-order valence-electron chi connectivity index (χ3n) is 2.46. The molecule has 0 radical (unpaired) electrons. The summed E-state index contributed by atoms with van der Waals surface area (Å²) in [6.45, 7) is 5.35. The van der Waals surface area contributed by atoms with Gasteiger partial charge in [0, 0.05) is 11.8 Å². The van der Waals surface area contributed by atoms with Gasteiger partial charge in [-0.1, -0.05) is 0 Å². The van der Waals surface area contributed by atoms with Crippen molar-refractivity contribution in [1.29, 1.82) is 0 Å². The molecule has 94 valence electrons. The minimum absolute atomic E-state index is 0.201. The van der Waals surface area contributed by atoms with Crippen LogP contribution < -0.4 is 15.4 Å². The molecule has 1 aromatic rings. The largest absolute Gasteiger partial charge is 0.481 e. The number of methoxy groups -OCH3 is 1. The lowest BCUT2D eigenvalue weighted by Crippen LogP contribution is -2.48.